The molecule has 0 amide bonds. The van der Waals surface area contributed by atoms with Crippen molar-refractivity contribution in [3.05, 3.63) is 5.82 Å². The summed E-state index contributed by atoms with van der Waals surface area (Å²) in [5.74, 6) is 7.54. The van der Waals surface area contributed by atoms with Gasteiger partial charge in [0, 0.05) is 6.04 Å². The van der Waals surface area contributed by atoms with Crippen LogP contribution in [0.2, 0.25) is 0 Å². The van der Waals surface area contributed by atoms with E-state index in [0.717, 1.165) is 16.7 Å². The lowest BCUT2D eigenvalue weighted by atomic mass is 10.5. The van der Waals surface area contributed by atoms with E-state index in [1.165, 1.54) is 12.8 Å². The highest BCUT2D eigenvalue weighted by Gasteiger charge is 2.28. The van der Waals surface area contributed by atoms with Crippen molar-refractivity contribution in [2.45, 2.75) is 37.5 Å². The first kappa shape index (κ1) is 10.5. The van der Waals surface area contributed by atoms with Gasteiger partial charge in [0.25, 0.3) is 0 Å². The molecule has 0 atom stereocenters. The Morgan fingerprint density at radius 1 is 1.53 bits per heavy atom. The molecule has 0 aromatic carbocycles. The quantitative estimate of drug-likeness (QED) is 0.614. The minimum atomic E-state index is 0.462. The Morgan fingerprint density at radius 3 is 2.93 bits per heavy atom. The summed E-state index contributed by atoms with van der Waals surface area (Å²) in [6, 6.07) is 0.579. The summed E-state index contributed by atoms with van der Waals surface area (Å²) < 4.78 is 2.17. The summed E-state index contributed by atoms with van der Waals surface area (Å²) in [7, 11) is 0. The van der Waals surface area contributed by atoms with Crippen LogP contribution in [0.4, 0.5) is 0 Å². The van der Waals surface area contributed by atoms with Gasteiger partial charge in [0.2, 0.25) is 0 Å². The van der Waals surface area contributed by atoms with E-state index in [-0.39, 0.29) is 0 Å². The summed E-state index contributed by atoms with van der Waals surface area (Å²) in [4.78, 5) is 0. The molecule has 0 spiro atoms. The molecule has 80 valence electrons. The second-order valence-corrected chi connectivity index (χ2v) is 4.36. The molecule has 1 heterocycles. The third kappa shape index (κ3) is 2.33. The summed E-state index contributed by atoms with van der Waals surface area (Å²) in [5, 5.41) is 9.20. The highest BCUT2D eigenvalue weighted by Crippen LogP contribution is 2.38. The lowest BCUT2D eigenvalue weighted by Gasteiger charge is -2.05. The van der Waals surface area contributed by atoms with E-state index in [4.69, 9.17) is 5.73 Å². The molecule has 1 saturated carbocycles. The van der Waals surface area contributed by atoms with Crippen molar-refractivity contribution in [3.8, 4) is 11.8 Å². The number of aromatic nitrogens is 3. The smallest absolute Gasteiger partial charge is 0.192 e. The van der Waals surface area contributed by atoms with Crippen LogP contribution in [0.1, 0.15) is 31.6 Å². The first-order valence-corrected chi connectivity index (χ1v) is 6.01. The van der Waals surface area contributed by atoms with Gasteiger partial charge in [0.15, 0.2) is 5.16 Å². The maximum absolute atomic E-state index is 5.62. The van der Waals surface area contributed by atoms with Crippen LogP contribution in [0, 0.1) is 11.8 Å². The third-order valence-corrected chi connectivity index (χ3v) is 3.11. The molecule has 1 fully saturated rings. The normalized spacial score (nSPS) is 14.8. The lowest BCUT2D eigenvalue weighted by Crippen LogP contribution is -2.08. The van der Waals surface area contributed by atoms with Gasteiger partial charge in [0.05, 0.1) is 12.3 Å². The second kappa shape index (κ2) is 4.69. The van der Waals surface area contributed by atoms with Gasteiger partial charge in [0.1, 0.15) is 5.82 Å². The van der Waals surface area contributed by atoms with Crippen molar-refractivity contribution >= 4 is 11.8 Å². The Morgan fingerprint density at radius 2 is 2.33 bits per heavy atom. The molecule has 15 heavy (non-hydrogen) atoms. The Balaban J connectivity index is 2.13. The number of hydrogen-bond acceptors (Lipinski definition) is 4. The zero-order valence-corrected chi connectivity index (χ0v) is 9.55. The molecule has 2 N–H and O–H groups in total. The summed E-state index contributed by atoms with van der Waals surface area (Å²) >= 11 is 1.64. The molecule has 0 bridgehead atoms. The number of thioether (sulfide) groups is 1. The first-order chi connectivity index (χ1) is 7.36. The van der Waals surface area contributed by atoms with Crippen LogP contribution in [-0.4, -0.2) is 20.5 Å². The molecule has 1 aromatic rings. The average Bonchev–Trinajstić information content (AvgIpc) is 3.00. The van der Waals surface area contributed by atoms with Crippen molar-refractivity contribution in [2.75, 3.05) is 5.75 Å². The van der Waals surface area contributed by atoms with Crippen LogP contribution in [0.3, 0.4) is 0 Å². The standard InChI is InChI=1S/C10H14N4S/c1-2-3-6-15-10-13-12-9(7-11)14(10)8-4-5-8/h8H,4-7,11H2,1H3. The van der Waals surface area contributed by atoms with Crippen LogP contribution in [0.25, 0.3) is 0 Å². The average molecular weight is 222 g/mol. The van der Waals surface area contributed by atoms with Gasteiger partial charge in [-0.25, -0.2) is 0 Å². The SMILES string of the molecule is CC#CCSc1nnc(CN)n1C1CC1. The van der Waals surface area contributed by atoms with Crippen LogP contribution in [0.15, 0.2) is 5.16 Å². The van der Waals surface area contributed by atoms with E-state index in [1.54, 1.807) is 11.8 Å². The van der Waals surface area contributed by atoms with Gasteiger partial charge < -0.3 is 10.3 Å². The molecule has 1 aliphatic carbocycles. The van der Waals surface area contributed by atoms with E-state index in [2.05, 4.69) is 26.6 Å². The zero-order chi connectivity index (χ0) is 10.7. The first-order valence-electron chi connectivity index (χ1n) is 5.03. The fraction of sp³-hybridized carbons (Fsp3) is 0.600. The Labute approximate surface area is 93.6 Å². The molecule has 0 unspecified atom stereocenters. The van der Waals surface area contributed by atoms with Crippen molar-refractivity contribution in [2.24, 2.45) is 5.73 Å². The van der Waals surface area contributed by atoms with Gasteiger partial charge in [-0.2, -0.15) is 0 Å². The van der Waals surface area contributed by atoms with Crippen molar-refractivity contribution in [3.63, 3.8) is 0 Å². The van der Waals surface area contributed by atoms with Gasteiger partial charge in [-0.3, -0.25) is 0 Å². The predicted molar refractivity (Wildman–Crippen MR) is 60.4 cm³/mol. The van der Waals surface area contributed by atoms with Crippen LogP contribution in [-0.2, 0) is 6.54 Å². The topological polar surface area (TPSA) is 56.7 Å². The summed E-state index contributed by atoms with van der Waals surface area (Å²) in [6.07, 6.45) is 2.44. The maximum Gasteiger partial charge on any atom is 0.192 e. The molecule has 0 radical (unpaired) electrons. The van der Waals surface area contributed by atoms with E-state index in [1.807, 2.05) is 6.92 Å². The molecule has 0 aliphatic heterocycles. The number of nitrogens with zero attached hydrogens (tertiary/aromatic N) is 3. The van der Waals surface area contributed by atoms with Gasteiger partial charge >= 0.3 is 0 Å². The molecule has 0 saturated heterocycles. The molecular weight excluding hydrogens is 208 g/mol. The Kier molecular flexibility index (Phi) is 3.29. The van der Waals surface area contributed by atoms with Crippen LogP contribution in [0.5, 0.6) is 0 Å². The maximum atomic E-state index is 5.62. The minimum Gasteiger partial charge on any atom is -0.324 e. The molecule has 1 aromatic heterocycles. The van der Waals surface area contributed by atoms with Gasteiger partial charge in [-0.15, -0.1) is 16.1 Å². The fourth-order valence-corrected chi connectivity index (χ4v) is 2.26. The number of rotatable bonds is 4. The summed E-state index contributed by atoms with van der Waals surface area (Å²) in [5.41, 5.74) is 5.62. The molecular formula is C10H14N4S. The Bertz CT molecular complexity index is 397. The highest BCUT2D eigenvalue weighted by atomic mass is 32.2. The van der Waals surface area contributed by atoms with E-state index in [9.17, 15) is 0 Å². The van der Waals surface area contributed by atoms with Crippen LogP contribution >= 0.6 is 11.8 Å². The Hall–Kier alpha value is -0.990. The monoisotopic (exact) mass is 222 g/mol. The predicted octanol–water partition coefficient (Wildman–Crippen LogP) is 1.19. The van der Waals surface area contributed by atoms with Gasteiger partial charge in [-0.05, 0) is 19.8 Å². The third-order valence-electron chi connectivity index (χ3n) is 2.28. The van der Waals surface area contributed by atoms with Crippen molar-refractivity contribution in [1.29, 1.82) is 0 Å². The number of hydrogen-bond donors (Lipinski definition) is 1. The van der Waals surface area contributed by atoms with Crippen molar-refractivity contribution < 1.29 is 0 Å². The van der Waals surface area contributed by atoms with Crippen molar-refractivity contribution in [1.82, 2.24) is 14.8 Å². The van der Waals surface area contributed by atoms with Gasteiger partial charge in [-0.1, -0.05) is 17.7 Å². The molecule has 1 aliphatic rings. The highest BCUT2D eigenvalue weighted by molar-refractivity contribution is 7.99. The molecule has 2 rings (SSSR count). The van der Waals surface area contributed by atoms with E-state index < -0.39 is 0 Å². The molecule has 4 nitrogen and oxygen atoms in total. The molecule has 5 heteroatoms. The second-order valence-electron chi connectivity index (χ2n) is 3.42. The fourth-order valence-electron chi connectivity index (χ4n) is 1.42. The van der Waals surface area contributed by atoms with E-state index in [0.29, 0.717) is 12.6 Å². The zero-order valence-electron chi connectivity index (χ0n) is 8.73. The summed E-state index contributed by atoms with van der Waals surface area (Å²) in [6.45, 7) is 2.31. The van der Waals surface area contributed by atoms with E-state index >= 15 is 0 Å². The minimum absolute atomic E-state index is 0.462. The van der Waals surface area contributed by atoms with Crippen LogP contribution < -0.4 is 5.73 Å². The number of nitrogens with two attached hydrogens (primary N) is 1. The lowest BCUT2D eigenvalue weighted by molar-refractivity contribution is 0.627. The largest absolute Gasteiger partial charge is 0.324 e.